The molecule has 120 valence electrons. The van der Waals surface area contributed by atoms with Gasteiger partial charge < -0.3 is 5.32 Å². The van der Waals surface area contributed by atoms with E-state index in [1.165, 1.54) is 23.1 Å². The molecule has 0 saturated heterocycles. The molecule has 2 aromatic rings. The van der Waals surface area contributed by atoms with Crippen molar-refractivity contribution in [3.05, 3.63) is 29.8 Å². The van der Waals surface area contributed by atoms with Crippen molar-refractivity contribution in [3.63, 3.8) is 0 Å². The highest BCUT2D eigenvalue weighted by molar-refractivity contribution is 8.02. The summed E-state index contributed by atoms with van der Waals surface area (Å²) in [7, 11) is 0. The molecule has 1 aromatic carbocycles. The lowest BCUT2D eigenvalue weighted by Crippen LogP contribution is -2.60. The molecule has 23 heavy (non-hydrogen) atoms. The fourth-order valence-corrected chi connectivity index (χ4v) is 4.11. The molecule has 1 atom stereocenters. The lowest BCUT2D eigenvalue weighted by atomic mass is 9.96. The molecule has 1 N–H and O–H groups in total. The summed E-state index contributed by atoms with van der Waals surface area (Å²) in [4.78, 5) is 27.0. The van der Waals surface area contributed by atoms with Crippen LogP contribution in [0.2, 0.25) is 0 Å². The van der Waals surface area contributed by atoms with Crippen LogP contribution < -0.4 is 10.2 Å². The SMILES string of the molecule is C[C@H](Sc1nncs1)C(=O)N1c2ccccc2NC(=O)C1(C)C. The van der Waals surface area contributed by atoms with Crippen molar-refractivity contribution in [1.82, 2.24) is 10.2 Å². The third-order valence-corrected chi connectivity index (χ3v) is 5.59. The highest BCUT2D eigenvalue weighted by Gasteiger charge is 2.44. The Morgan fingerprint density at radius 2 is 2.13 bits per heavy atom. The van der Waals surface area contributed by atoms with Gasteiger partial charge in [-0.25, -0.2) is 0 Å². The molecule has 1 aliphatic rings. The quantitative estimate of drug-likeness (QED) is 0.863. The van der Waals surface area contributed by atoms with Gasteiger partial charge in [0.15, 0.2) is 4.34 Å². The van der Waals surface area contributed by atoms with Crippen LogP contribution in [-0.4, -0.2) is 32.8 Å². The molecular weight excluding hydrogens is 332 g/mol. The van der Waals surface area contributed by atoms with E-state index in [-0.39, 0.29) is 17.1 Å². The van der Waals surface area contributed by atoms with Crippen LogP contribution in [0, 0.1) is 0 Å². The van der Waals surface area contributed by atoms with Gasteiger partial charge in [-0.2, -0.15) is 0 Å². The second-order valence-electron chi connectivity index (χ2n) is 5.67. The number of thioether (sulfide) groups is 1. The highest BCUT2D eigenvalue weighted by Crippen LogP contribution is 2.38. The van der Waals surface area contributed by atoms with Gasteiger partial charge in [0.2, 0.25) is 11.8 Å². The molecule has 8 heteroatoms. The lowest BCUT2D eigenvalue weighted by molar-refractivity contribution is -0.126. The molecule has 3 rings (SSSR count). The Hall–Kier alpha value is -1.93. The molecule has 0 fully saturated rings. The van der Waals surface area contributed by atoms with Crippen molar-refractivity contribution >= 4 is 46.3 Å². The smallest absolute Gasteiger partial charge is 0.250 e. The predicted molar refractivity (Wildman–Crippen MR) is 91.9 cm³/mol. The molecule has 1 aromatic heterocycles. The van der Waals surface area contributed by atoms with Gasteiger partial charge in [-0.1, -0.05) is 35.2 Å². The third kappa shape index (κ3) is 2.84. The molecular formula is C15H16N4O2S2. The number of hydrogen-bond acceptors (Lipinski definition) is 6. The van der Waals surface area contributed by atoms with E-state index in [9.17, 15) is 9.59 Å². The van der Waals surface area contributed by atoms with Gasteiger partial charge >= 0.3 is 0 Å². The van der Waals surface area contributed by atoms with E-state index in [2.05, 4.69) is 15.5 Å². The number of rotatable bonds is 3. The Kier molecular flexibility index (Phi) is 4.11. The number of nitrogens with zero attached hydrogens (tertiary/aromatic N) is 3. The van der Waals surface area contributed by atoms with Gasteiger partial charge in [-0.3, -0.25) is 14.5 Å². The van der Waals surface area contributed by atoms with Crippen LogP contribution >= 0.6 is 23.1 Å². The standard InChI is InChI=1S/C15H16N4O2S2/c1-9(23-14-18-16-8-22-14)12(20)19-11-7-5-4-6-10(11)17-13(21)15(19,2)3/h4-9H,1-3H3,(H,17,21)/t9-/m0/s1. The summed E-state index contributed by atoms with van der Waals surface area (Å²) in [6.07, 6.45) is 0. The van der Waals surface area contributed by atoms with Gasteiger partial charge in [0.1, 0.15) is 11.0 Å². The number of anilines is 2. The number of para-hydroxylation sites is 2. The summed E-state index contributed by atoms with van der Waals surface area (Å²) in [5, 5.41) is 10.2. The molecule has 0 aliphatic carbocycles. The average molecular weight is 348 g/mol. The maximum Gasteiger partial charge on any atom is 0.250 e. The van der Waals surface area contributed by atoms with Gasteiger partial charge in [-0.05, 0) is 32.9 Å². The van der Waals surface area contributed by atoms with Gasteiger partial charge in [0, 0.05) is 0 Å². The minimum Gasteiger partial charge on any atom is -0.322 e. The van der Waals surface area contributed by atoms with Gasteiger partial charge in [0.05, 0.1) is 16.6 Å². The Morgan fingerprint density at radius 1 is 1.39 bits per heavy atom. The van der Waals surface area contributed by atoms with E-state index in [0.29, 0.717) is 11.4 Å². The predicted octanol–water partition coefficient (Wildman–Crippen LogP) is 2.78. The van der Waals surface area contributed by atoms with Crippen LogP contribution in [0.5, 0.6) is 0 Å². The van der Waals surface area contributed by atoms with Crippen LogP contribution in [0.1, 0.15) is 20.8 Å². The third-order valence-electron chi connectivity index (χ3n) is 3.69. The average Bonchev–Trinajstić information content (AvgIpc) is 3.00. The molecule has 0 radical (unpaired) electrons. The number of amides is 2. The zero-order chi connectivity index (χ0) is 16.6. The van der Waals surface area contributed by atoms with Crippen LogP contribution in [0.15, 0.2) is 34.1 Å². The van der Waals surface area contributed by atoms with Crippen LogP contribution in [0.25, 0.3) is 0 Å². The van der Waals surface area contributed by atoms with Gasteiger partial charge in [0.25, 0.3) is 0 Å². The monoisotopic (exact) mass is 348 g/mol. The van der Waals surface area contributed by atoms with E-state index in [4.69, 9.17) is 0 Å². The number of carbonyl (C=O) groups is 2. The Labute approximate surface area is 142 Å². The first-order chi connectivity index (χ1) is 10.9. The summed E-state index contributed by atoms with van der Waals surface area (Å²) in [6.45, 7) is 5.32. The van der Waals surface area contributed by atoms with E-state index < -0.39 is 5.54 Å². The maximum absolute atomic E-state index is 13.0. The topological polar surface area (TPSA) is 75.2 Å². The number of fused-ring (bicyclic) bond motifs is 1. The summed E-state index contributed by atoms with van der Waals surface area (Å²) in [5.74, 6) is -0.324. The molecule has 0 bridgehead atoms. The largest absolute Gasteiger partial charge is 0.322 e. The van der Waals surface area contributed by atoms with Crippen molar-refractivity contribution in [3.8, 4) is 0 Å². The summed E-state index contributed by atoms with van der Waals surface area (Å²) < 4.78 is 0.735. The second kappa shape index (κ2) is 5.93. The summed E-state index contributed by atoms with van der Waals surface area (Å²) in [6, 6.07) is 7.33. The van der Waals surface area contributed by atoms with Crippen LogP contribution in [0.3, 0.4) is 0 Å². The lowest BCUT2D eigenvalue weighted by Gasteiger charge is -2.42. The minimum atomic E-state index is -0.957. The van der Waals surface area contributed by atoms with E-state index >= 15 is 0 Å². The second-order valence-corrected chi connectivity index (χ2v) is 8.09. The Balaban J connectivity index is 1.95. The maximum atomic E-state index is 13.0. The molecule has 0 unspecified atom stereocenters. The minimum absolute atomic E-state index is 0.127. The van der Waals surface area contributed by atoms with Crippen molar-refractivity contribution in [2.24, 2.45) is 0 Å². The van der Waals surface area contributed by atoms with E-state index in [1.807, 2.05) is 25.1 Å². The van der Waals surface area contributed by atoms with Crippen molar-refractivity contribution in [1.29, 1.82) is 0 Å². The molecule has 6 nitrogen and oxygen atoms in total. The van der Waals surface area contributed by atoms with E-state index in [1.54, 1.807) is 30.3 Å². The Bertz CT molecular complexity index is 746. The first-order valence-electron chi connectivity index (χ1n) is 7.08. The molecule has 1 aliphatic heterocycles. The summed E-state index contributed by atoms with van der Waals surface area (Å²) in [5.41, 5.74) is 2.04. The van der Waals surface area contributed by atoms with Crippen molar-refractivity contribution in [2.75, 3.05) is 10.2 Å². The number of nitrogens with one attached hydrogen (secondary N) is 1. The highest BCUT2D eigenvalue weighted by atomic mass is 32.2. The fourth-order valence-electron chi connectivity index (χ4n) is 2.44. The first-order valence-corrected chi connectivity index (χ1v) is 8.84. The molecule has 0 spiro atoms. The molecule has 2 heterocycles. The van der Waals surface area contributed by atoms with Crippen LogP contribution in [0.4, 0.5) is 11.4 Å². The number of hydrogen-bond donors (Lipinski definition) is 1. The Morgan fingerprint density at radius 3 is 2.83 bits per heavy atom. The van der Waals surface area contributed by atoms with Crippen molar-refractivity contribution in [2.45, 2.75) is 35.9 Å². The number of aromatic nitrogens is 2. The number of carbonyl (C=O) groups excluding carboxylic acids is 2. The van der Waals surface area contributed by atoms with Crippen LogP contribution in [-0.2, 0) is 9.59 Å². The summed E-state index contributed by atoms with van der Waals surface area (Å²) >= 11 is 2.74. The normalized spacial score (nSPS) is 17.3. The van der Waals surface area contributed by atoms with E-state index in [0.717, 1.165) is 4.34 Å². The fraction of sp³-hybridized carbons (Fsp3) is 0.333. The number of benzene rings is 1. The zero-order valence-electron chi connectivity index (χ0n) is 12.9. The van der Waals surface area contributed by atoms with Crippen molar-refractivity contribution < 1.29 is 9.59 Å². The van der Waals surface area contributed by atoms with Gasteiger partial charge in [-0.15, -0.1) is 10.2 Å². The molecule has 2 amide bonds. The zero-order valence-corrected chi connectivity index (χ0v) is 14.6. The first kappa shape index (κ1) is 15.9. The molecule has 0 saturated carbocycles.